The average Bonchev–Trinajstić information content (AvgIpc) is 3.66. The average molecular weight is 542 g/mol. The third-order valence-corrected chi connectivity index (χ3v) is 6.81. The molecule has 2 aromatic carbocycles. The Bertz CT molecular complexity index is 1710. The Balaban J connectivity index is 1.29. The predicted molar refractivity (Wildman–Crippen MR) is 152 cm³/mol. The van der Waals surface area contributed by atoms with Crippen LogP contribution < -0.4 is 14.8 Å². The largest absolute Gasteiger partial charge is 0.494 e. The minimum absolute atomic E-state index is 0.257. The highest BCUT2D eigenvalue weighted by Crippen LogP contribution is 2.23. The molecule has 8 nitrogen and oxygen atoms in total. The maximum absolute atomic E-state index is 12.9. The second-order valence-corrected chi connectivity index (χ2v) is 9.69. The molecule has 3 aromatic heterocycles. The van der Waals surface area contributed by atoms with Crippen molar-refractivity contribution in [3.8, 4) is 17.1 Å². The van der Waals surface area contributed by atoms with E-state index in [-0.39, 0.29) is 11.5 Å². The molecule has 0 N–H and O–H groups in total. The normalized spacial score (nSPS) is 12.0. The minimum Gasteiger partial charge on any atom is -0.494 e. The summed E-state index contributed by atoms with van der Waals surface area (Å²) in [4.78, 5) is 29.8. The molecular formula is C30H27N3O5S. The molecule has 0 atom stereocenters. The molecule has 39 heavy (non-hydrogen) atoms. The SMILES string of the molecule is CCCCOc1ccc(/C=C/c2nc3s/c(=C\c4ccc(-c5ccc(C(=O)OCC)cc5)o4)c(=O)n3n2)cc1. The van der Waals surface area contributed by atoms with E-state index in [0.29, 0.717) is 45.6 Å². The number of carbonyl (C=O) groups excluding carboxylic acids is 1. The van der Waals surface area contributed by atoms with Crippen molar-refractivity contribution in [1.82, 2.24) is 14.6 Å². The highest BCUT2D eigenvalue weighted by Gasteiger charge is 2.11. The molecular weight excluding hydrogens is 514 g/mol. The molecule has 0 spiro atoms. The van der Waals surface area contributed by atoms with Crippen LogP contribution in [0.4, 0.5) is 0 Å². The number of benzene rings is 2. The topological polar surface area (TPSA) is 95.9 Å². The summed E-state index contributed by atoms with van der Waals surface area (Å²) in [7, 11) is 0. The zero-order valence-corrected chi connectivity index (χ0v) is 22.4. The lowest BCUT2D eigenvalue weighted by Gasteiger charge is -2.04. The van der Waals surface area contributed by atoms with E-state index >= 15 is 0 Å². The standard InChI is InChI=1S/C30H27N3O5S/c1-3-5-18-37-23-13-6-20(7-14-23)8-17-27-31-30-33(32-27)28(34)26(39-30)19-24-15-16-25(38-24)21-9-11-22(12-10-21)29(35)36-4-2/h6-17,19H,3-5,18H2,1-2H3/b17-8+,26-19-. The lowest BCUT2D eigenvalue weighted by Crippen LogP contribution is -2.23. The number of hydrogen-bond acceptors (Lipinski definition) is 8. The van der Waals surface area contributed by atoms with E-state index in [2.05, 4.69) is 17.0 Å². The van der Waals surface area contributed by atoms with Crippen molar-refractivity contribution in [2.24, 2.45) is 0 Å². The fraction of sp³-hybridized carbons (Fsp3) is 0.200. The summed E-state index contributed by atoms with van der Waals surface area (Å²) in [5.41, 5.74) is 2.01. The molecule has 0 bridgehead atoms. The van der Waals surface area contributed by atoms with Gasteiger partial charge < -0.3 is 13.9 Å². The Kier molecular flexibility index (Phi) is 7.98. The van der Waals surface area contributed by atoms with Crippen LogP contribution in [0.3, 0.4) is 0 Å². The van der Waals surface area contributed by atoms with E-state index in [1.54, 1.807) is 49.4 Å². The van der Waals surface area contributed by atoms with Crippen molar-refractivity contribution in [3.05, 3.63) is 98.3 Å². The van der Waals surface area contributed by atoms with Gasteiger partial charge in [-0.1, -0.05) is 55.0 Å². The summed E-state index contributed by atoms with van der Waals surface area (Å²) < 4.78 is 18.4. The molecule has 0 aliphatic rings. The van der Waals surface area contributed by atoms with Gasteiger partial charge in [0.2, 0.25) is 4.96 Å². The molecule has 198 valence electrons. The number of thiazole rings is 1. The van der Waals surface area contributed by atoms with Gasteiger partial charge in [-0.05, 0) is 61.4 Å². The molecule has 5 aromatic rings. The Morgan fingerprint density at radius 3 is 2.54 bits per heavy atom. The molecule has 5 rings (SSSR count). The first-order chi connectivity index (χ1) is 19.0. The van der Waals surface area contributed by atoms with E-state index < -0.39 is 0 Å². The highest BCUT2D eigenvalue weighted by molar-refractivity contribution is 7.15. The molecule has 0 fully saturated rings. The first-order valence-corrected chi connectivity index (χ1v) is 13.6. The molecule has 0 radical (unpaired) electrons. The number of unbranched alkanes of at least 4 members (excludes halogenated alkanes) is 1. The number of furan rings is 1. The number of esters is 1. The molecule has 0 saturated heterocycles. The highest BCUT2D eigenvalue weighted by atomic mass is 32.1. The number of aromatic nitrogens is 3. The van der Waals surface area contributed by atoms with Gasteiger partial charge in [0.25, 0.3) is 5.56 Å². The lowest BCUT2D eigenvalue weighted by molar-refractivity contribution is 0.0526. The van der Waals surface area contributed by atoms with Gasteiger partial charge in [0, 0.05) is 11.6 Å². The number of fused-ring (bicyclic) bond motifs is 1. The van der Waals surface area contributed by atoms with Crippen molar-refractivity contribution in [3.63, 3.8) is 0 Å². The van der Waals surface area contributed by atoms with Crippen molar-refractivity contribution < 1.29 is 18.7 Å². The van der Waals surface area contributed by atoms with Crippen LogP contribution in [0, 0.1) is 0 Å². The summed E-state index contributed by atoms with van der Waals surface area (Å²) in [6.45, 7) is 4.94. The van der Waals surface area contributed by atoms with Crippen LogP contribution in [0.25, 0.3) is 34.5 Å². The van der Waals surface area contributed by atoms with E-state index in [1.165, 1.54) is 15.9 Å². The quantitative estimate of drug-likeness (QED) is 0.171. The van der Waals surface area contributed by atoms with Crippen LogP contribution in [0.1, 0.15) is 54.2 Å². The molecule has 0 unspecified atom stereocenters. The van der Waals surface area contributed by atoms with E-state index in [9.17, 15) is 9.59 Å². The van der Waals surface area contributed by atoms with Gasteiger partial charge in [-0.15, -0.1) is 5.10 Å². The first-order valence-electron chi connectivity index (χ1n) is 12.7. The van der Waals surface area contributed by atoms with Crippen molar-refractivity contribution in [1.29, 1.82) is 0 Å². The van der Waals surface area contributed by atoms with Gasteiger partial charge in [0.15, 0.2) is 5.82 Å². The van der Waals surface area contributed by atoms with Gasteiger partial charge in [-0.2, -0.15) is 9.50 Å². The van der Waals surface area contributed by atoms with Crippen LogP contribution in [0.5, 0.6) is 5.75 Å². The third-order valence-electron chi connectivity index (χ3n) is 5.85. The second-order valence-electron chi connectivity index (χ2n) is 8.68. The number of ether oxygens (including phenoxy) is 2. The van der Waals surface area contributed by atoms with Crippen LogP contribution >= 0.6 is 11.3 Å². The second kappa shape index (κ2) is 11.9. The Morgan fingerprint density at radius 1 is 1.03 bits per heavy atom. The molecule has 0 aliphatic heterocycles. The molecule has 3 heterocycles. The third kappa shape index (κ3) is 6.15. The van der Waals surface area contributed by atoms with Crippen LogP contribution in [0.2, 0.25) is 0 Å². The van der Waals surface area contributed by atoms with E-state index in [0.717, 1.165) is 29.7 Å². The minimum atomic E-state index is -0.364. The molecule has 0 saturated carbocycles. The maximum atomic E-state index is 12.9. The summed E-state index contributed by atoms with van der Waals surface area (Å²) in [5, 5.41) is 4.35. The number of rotatable bonds is 10. The van der Waals surface area contributed by atoms with Gasteiger partial charge in [-0.25, -0.2) is 4.79 Å². The monoisotopic (exact) mass is 541 g/mol. The molecule has 0 amide bonds. The number of carbonyl (C=O) groups is 1. The summed E-state index contributed by atoms with van der Waals surface area (Å²) in [5.74, 6) is 2.09. The fourth-order valence-electron chi connectivity index (χ4n) is 3.80. The Hall–Kier alpha value is -4.50. The predicted octanol–water partition coefficient (Wildman–Crippen LogP) is 5.48. The fourth-order valence-corrected chi connectivity index (χ4v) is 4.69. The number of nitrogens with zero attached hydrogens (tertiary/aromatic N) is 3. The zero-order valence-electron chi connectivity index (χ0n) is 21.6. The van der Waals surface area contributed by atoms with Crippen molar-refractivity contribution >= 4 is 40.5 Å². The van der Waals surface area contributed by atoms with Crippen molar-refractivity contribution in [2.75, 3.05) is 13.2 Å². The first kappa shape index (κ1) is 26.1. The Morgan fingerprint density at radius 2 is 1.82 bits per heavy atom. The lowest BCUT2D eigenvalue weighted by atomic mass is 10.1. The van der Waals surface area contributed by atoms with Crippen LogP contribution in [0.15, 0.2) is 69.9 Å². The van der Waals surface area contributed by atoms with Gasteiger partial charge in [0.05, 0.1) is 18.8 Å². The summed E-state index contributed by atoms with van der Waals surface area (Å²) in [6, 6.07) is 18.4. The zero-order chi connectivity index (χ0) is 27.2. The van der Waals surface area contributed by atoms with Crippen LogP contribution in [-0.4, -0.2) is 33.8 Å². The van der Waals surface area contributed by atoms with Crippen LogP contribution in [-0.2, 0) is 4.74 Å². The summed E-state index contributed by atoms with van der Waals surface area (Å²) in [6.07, 6.45) is 7.49. The summed E-state index contributed by atoms with van der Waals surface area (Å²) >= 11 is 1.25. The maximum Gasteiger partial charge on any atom is 0.338 e. The van der Waals surface area contributed by atoms with Crippen molar-refractivity contribution in [2.45, 2.75) is 26.7 Å². The van der Waals surface area contributed by atoms with E-state index in [1.807, 2.05) is 36.4 Å². The molecule has 9 heteroatoms. The molecule has 0 aliphatic carbocycles. The van der Waals surface area contributed by atoms with Gasteiger partial charge in [-0.3, -0.25) is 4.79 Å². The number of hydrogen-bond donors (Lipinski definition) is 0. The van der Waals surface area contributed by atoms with Gasteiger partial charge in [0.1, 0.15) is 21.8 Å². The Labute approximate surface area is 228 Å². The smallest absolute Gasteiger partial charge is 0.338 e. The van der Waals surface area contributed by atoms with Gasteiger partial charge >= 0.3 is 5.97 Å². The van der Waals surface area contributed by atoms with E-state index in [4.69, 9.17) is 13.9 Å².